The van der Waals surface area contributed by atoms with Gasteiger partial charge in [0.15, 0.2) is 5.78 Å². The summed E-state index contributed by atoms with van der Waals surface area (Å²) in [4.78, 5) is 20.8. The quantitative estimate of drug-likeness (QED) is 0.886. The number of aryl methyl sites for hydroxylation is 2. The van der Waals surface area contributed by atoms with Crippen LogP contribution in [0.4, 0.5) is 5.95 Å². The van der Waals surface area contributed by atoms with Crippen LogP contribution in [0.3, 0.4) is 0 Å². The molecule has 1 aromatic heterocycles. The zero-order chi connectivity index (χ0) is 15.1. The first-order valence-electron chi connectivity index (χ1n) is 7.65. The van der Waals surface area contributed by atoms with Crippen molar-refractivity contribution < 1.29 is 4.79 Å². The molecule has 5 heteroatoms. The zero-order valence-corrected chi connectivity index (χ0v) is 13.7. The molecule has 4 rings (SSSR count). The number of benzene rings is 1. The van der Waals surface area contributed by atoms with Crippen LogP contribution >= 0.6 is 15.9 Å². The minimum atomic E-state index is 0.169. The Morgan fingerprint density at radius 2 is 2.14 bits per heavy atom. The van der Waals surface area contributed by atoms with Crippen molar-refractivity contribution in [3.63, 3.8) is 0 Å². The van der Waals surface area contributed by atoms with Crippen LogP contribution in [0.5, 0.6) is 0 Å². The Balaban J connectivity index is 1.61. The highest BCUT2D eigenvalue weighted by Gasteiger charge is 2.24. The number of ketones is 1. The van der Waals surface area contributed by atoms with Crippen molar-refractivity contribution in [1.29, 1.82) is 0 Å². The highest BCUT2D eigenvalue weighted by atomic mass is 79.9. The molecule has 0 spiro atoms. The maximum absolute atomic E-state index is 11.8. The molecule has 1 aromatic carbocycles. The fraction of sp³-hybridized carbons (Fsp3) is 0.353. The van der Waals surface area contributed by atoms with Gasteiger partial charge in [-0.15, -0.1) is 0 Å². The molecule has 0 bridgehead atoms. The minimum Gasteiger partial charge on any atom is -0.347 e. The van der Waals surface area contributed by atoms with E-state index in [-0.39, 0.29) is 11.8 Å². The second kappa shape index (κ2) is 5.47. The van der Waals surface area contributed by atoms with E-state index in [1.165, 1.54) is 11.1 Å². The number of hydrogen-bond donors (Lipinski definition) is 1. The van der Waals surface area contributed by atoms with Gasteiger partial charge in [-0.25, -0.2) is 9.97 Å². The smallest absolute Gasteiger partial charge is 0.223 e. The summed E-state index contributed by atoms with van der Waals surface area (Å²) in [5.74, 6) is 0.800. The molecule has 0 saturated carbocycles. The largest absolute Gasteiger partial charge is 0.347 e. The Bertz CT molecular complexity index is 760. The number of halogens is 1. The van der Waals surface area contributed by atoms with Gasteiger partial charge in [0, 0.05) is 17.1 Å². The van der Waals surface area contributed by atoms with E-state index < -0.39 is 0 Å². The third-order valence-electron chi connectivity index (χ3n) is 4.47. The standard InChI is InChI=1S/C17H16BrN3O/c18-11-6-4-10-5-7-15(12(10)8-11)21-17-19-9-13-14(20-17)2-1-3-16(13)22/h4,6,8-9,15H,1-3,5,7H2,(H,19,20,21)/t15-/m0/s1. The Morgan fingerprint density at radius 1 is 1.23 bits per heavy atom. The Morgan fingerprint density at radius 3 is 3.05 bits per heavy atom. The molecule has 112 valence electrons. The summed E-state index contributed by atoms with van der Waals surface area (Å²) in [5, 5.41) is 3.43. The number of nitrogens with one attached hydrogen (secondary N) is 1. The van der Waals surface area contributed by atoms with Crippen molar-refractivity contribution in [2.24, 2.45) is 0 Å². The summed E-state index contributed by atoms with van der Waals surface area (Å²) in [6.45, 7) is 0. The predicted molar refractivity (Wildman–Crippen MR) is 88.1 cm³/mol. The van der Waals surface area contributed by atoms with Gasteiger partial charge in [-0.05, 0) is 48.9 Å². The van der Waals surface area contributed by atoms with Crippen LogP contribution in [-0.2, 0) is 12.8 Å². The lowest BCUT2D eigenvalue weighted by Crippen LogP contribution is -2.16. The van der Waals surface area contributed by atoms with Gasteiger partial charge in [0.25, 0.3) is 0 Å². The van der Waals surface area contributed by atoms with Crippen LogP contribution in [0.15, 0.2) is 28.9 Å². The van der Waals surface area contributed by atoms with Gasteiger partial charge >= 0.3 is 0 Å². The summed E-state index contributed by atoms with van der Waals surface area (Å²) in [7, 11) is 0. The van der Waals surface area contributed by atoms with Crippen molar-refractivity contribution in [2.45, 2.75) is 38.1 Å². The first-order valence-corrected chi connectivity index (χ1v) is 8.44. The molecule has 0 amide bonds. The van der Waals surface area contributed by atoms with Crippen LogP contribution in [0, 0.1) is 0 Å². The van der Waals surface area contributed by atoms with Crippen molar-refractivity contribution in [1.82, 2.24) is 9.97 Å². The van der Waals surface area contributed by atoms with Crippen molar-refractivity contribution in [3.05, 3.63) is 51.3 Å². The van der Waals surface area contributed by atoms with Gasteiger partial charge in [0.05, 0.1) is 17.3 Å². The molecule has 22 heavy (non-hydrogen) atoms. The average molecular weight is 358 g/mol. The van der Waals surface area contributed by atoms with Crippen molar-refractivity contribution in [2.75, 3.05) is 5.32 Å². The van der Waals surface area contributed by atoms with E-state index in [1.807, 2.05) is 0 Å². The third-order valence-corrected chi connectivity index (χ3v) is 4.97. The summed E-state index contributed by atoms with van der Waals surface area (Å²) < 4.78 is 1.09. The van der Waals surface area contributed by atoms with E-state index in [0.717, 1.165) is 35.8 Å². The monoisotopic (exact) mass is 357 g/mol. The normalized spacial score (nSPS) is 19.7. The molecule has 2 aliphatic carbocycles. The van der Waals surface area contributed by atoms with Crippen LogP contribution < -0.4 is 5.32 Å². The number of hydrogen-bond acceptors (Lipinski definition) is 4. The number of nitrogens with zero attached hydrogens (tertiary/aromatic N) is 2. The van der Waals surface area contributed by atoms with Crippen LogP contribution in [0.25, 0.3) is 0 Å². The summed E-state index contributed by atoms with van der Waals surface area (Å²) in [6.07, 6.45) is 6.18. The average Bonchev–Trinajstić information content (AvgIpc) is 2.90. The first kappa shape index (κ1) is 13.9. The Kier molecular flexibility index (Phi) is 3.45. The molecule has 2 aliphatic rings. The SMILES string of the molecule is O=C1CCCc2nc(N[C@H]3CCc4ccc(Br)cc43)ncc21. The molecule has 0 aliphatic heterocycles. The van der Waals surface area contributed by atoms with Crippen LogP contribution in [-0.4, -0.2) is 15.8 Å². The van der Waals surface area contributed by atoms with Crippen LogP contribution in [0.1, 0.15) is 52.5 Å². The number of Topliss-reactive ketones (excluding diaryl/α,β-unsaturated/α-hetero) is 1. The third kappa shape index (κ3) is 2.43. The zero-order valence-electron chi connectivity index (χ0n) is 12.1. The second-order valence-corrected chi connectivity index (χ2v) is 6.83. The molecule has 1 atom stereocenters. The molecule has 4 nitrogen and oxygen atoms in total. The van der Waals surface area contributed by atoms with Gasteiger partial charge in [-0.1, -0.05) is 22.0 Å². The minimum absolute atomic E-state index is 0.169. The van der Waals surface area contributed by atoms with Gasteiger partial charge in [0.1, 0.15) is 0 Å². The van der Waals surface area contributed by atoms with Gasteiger partial charge in [-0.2, -0.15) is 0 Å². The van der Waals surface area contributed by atoms with Gasteiger partial charge in [-0.3, -0.25) is 4.79 Å². The molecule has 0 saturated heterocycles. The van der Waals surface area contributed by atoms with E-state index >= 15 is 0 Å². The van der Waals surface area contributed by atoms with Crippen molar-refractivity contribution in [3.8, 4) is 0 Å². The van der Waals surface area contributed by atoms with E-state index in [0.29, 0.717) is 17.9 Å². The molecular weight excluding hydrogens is 342 g/mol. The number of carbonyl (C=O) groups excluding carboxylic acids is 1. The lowest BCUT2D eigenvalue weighted by molar-refractivity contribution is 0.0971. The summed E-state index contributed by atoms with van der Waals surface area (Å²) in [5.41, 5.74) is 4.29. The highest BCUT2D eigenvalue weighted by molar-refractivity contribution is 9.10. The van der Waals surface area contributed by atoms with E-state index in [2.05, 4.69) is 49.4 Å². The Hall–Kier alpha value is -1.75. The topological polar surface area (TPSA) is 54.9 Å². The van der Waals surface area contributed by atoms with E-state index in [1.54, 1.807) is 6.20 Å². The number of aromatic nitrogens is 2. The Labute approximate surface area is 137 Å². The van der Waals surface area contributed by atoms with Crippen LogP contribution in [0.2, 0.25) is 0 Å². The molecule has 1 N–H and O–H groups in total. The highest BCUT2D eigenvalue weighted by Crippen LogP contribution is 2.35. The molecule has 0 radical (unpaired) electrons. The first-order chi connectivity index (χ1) is 10.7. The lowest BCUT2D eigenvalue weighted by Gasteiger charge is -2.17. The van der Waals surface area contributed by atoms with E-state index in [9.17, 15) is 4.79 Å². The molecular formula is C17H16BrN3O. The van der Waals surface area contributed by atoms with Crippen molar-refractivity contribution >= 4 is 27.7 Å². The fourth-order valence-electron chi connectivity index (χ4n) is 3.34. The predicted octanol–water partition coefficient (Wildman–Crippen LogP) is 3.86. The number of carbonyl (C=O) groups is 1. The van der Waals surface area contributed by atoms with Gasteiger partial charge in [0.2, 0.25) is 5.95 Å². The molecule has 2 aromatic rings. The molecule has 1 heterocycles. The van der Waals surface area contributed by atoms with Gasteiger partial charge < -0.3 is 5.32 Å². The molecule has 0 fully saturated rings. The lowest BCUT2D eigenvalue weighted by atomic mass is 9.96. The maximum Gasteiger partial charge on any atom is 0.223 e. The van der Waals surface area contributed by atoms with E-state index in [4.69, 9.17) is 0 Å². The number of fused-ring (bicyclic) bond motifs is 2. The summed E-state index contributed by atoms with van der Waals surface area (Å²) >= 11 is 3.54. The number of rotatable bonds is 2. The number of anilines is 1. The fourth-order valence-corrected chi connectivity index (χ4v) is 3.72. The molecule has 0 unspecified atom stereocenters. The maximum atomic E-state index is 11.8. The second-order valence-electron chi connectivity index (χ2n) is 5.91. The summed E-state index contributed by atoms with van der Waals surface area (Å²) in [6, 6.07) is 6.67.